The van der Waals surface area contributed by atoms with Gasteiger partial charge < -0.3 is 14.7 Å². The maximum absolute atomic E-state index is 13.0. The molecule has 0 radical (unpaired) electrons. The van der Waals surface area contributed by atoms with Gasteiger partial charge in [-0.15, -0.1) is 10.2 Å². The molecule has 0 spiro atoms. The fraction of sp³-hybridized carbons (Fsp3) is 0.444. The topological polar surface area (TPSA) is 131 Å². The van der Waals surface area contributed by atoms with Crippen LogP contribution >= 0.6 is 11.3 Å². The van der Waals surface area contributed by atoms with Crippen LogP contribution in [-0.4, -0.2) is 90.4 Å². The average molecular weight is 537 g/mol. The number of aromatic nitrogens is 4. The van der Waals surface area contributed by atoms with Crippen molar-refractivity contribution in [3.8, 4) is 5.13 Å². The molecule has 1 saturated heterocycles. The van der Waals surface area contributed by atoms with Crippen molar-refractivity contribution < 1.29 is 30.8 Å². The molecule has 0 atom stereocenters. The predicted molar refractivity (Wildman–Crippen MR) is 119 cm³/mol. The van der Waals surface area contributed by atoms with E-state index in [-0.39, 0.29) is 41.7 Å². The van der Waals surface area contributed by atoms with Crippen LogP contribution in [0.5, 0.6) is 0 Å². The number of alkyl halides is 4. The van der Waals surface area contributed by atoms with Crippen LogP contribution in [0.15, 0.2) is 23.2 Å². The van der Waals surface area contributed by atoms with Crippen LogP contribution in [0.2, 0.25) is 0 Å². The van der Waals surface area contributed by atoms with Gasteiger partial charge in [-0.1, -0.05) is 11.3 Å². The summed E-state index contributed by atoms with van der Waals surface area (Å²) < 4.78 is 76.7. The molecule has 2 N–H and O–H groups in total. The SMILES string of the molecule is CN(CC(F)F)C(=O)N1CCN(c2cc(S(N)(=O)=O)cc3c2cnn3-c2nnc(C(F)F)s2)CC1. The fourth-order valence-corrected chi connectivity index (χ4v) is 4.95. The first-order valence-corrected chi connectivity index (χ1v) is 12.5. The zero-order chi connectivity index (χ0) is 25.5. The Bertz CT molecular complexity index is 1340. The van der Waals surface area contributed by atoms with Gasteiger partial charge in [0, 0.05) is 44.3 Å². The van der Waals surface area contributed by atoms with Crippen molar-refractivity contribution in [2.24, 2.45) is 5.14 Å². The Morgan fingerprint density at radius 3 is 2.43 bits per heavy atom. The van der Waals surface area contributed by atoms with Crippen LogP contribution in [0.1, 0.15) is 11.4 Å². The third kappa shape index (κ3) is 5.15. The molecule has 4 rings (SSSR count). The highest BCUT2D eigenvalue weighted by atomic mass is 32.2. The zero-order valence-electron chi connectivity index (χ0n) is 18.2. The molecular weight excluding hydrogens is 516 g/mol. The molecule has 0 unspecified atom stereocenters. The van der Waals surface area contributed by atoms with Crippen molar-refractivity contribution in [2.45, 2.75) is 17.7 Å². The Hall–Kier alpha value is -3.05. The normalized spacial score (nSPS) is 15.0. The summed E-state index contributed by atoms with van der Waals surface area (Å²) in [6.45, 7) is 0.271. The number of sulfonamides is 1. The lowest BCUT2D eigenvalue weighted by molar-refractivity contribution is 0.0941. The first kappa shape index (κ1) is 25.1. The van der Waals surface area contributed by atoms with Crippen LogP contribution in [0.4, 0.5) is 28.0 Å². The average Bonchev–Trinajstić information content (AvgIpc) is 3.44. The zero-order valence-corrected chi connectivity index (χ0v) is 19.8. The molecule has 1 aromatic carbocycles. The number of amides is 2. The molecule has 0 bridgehead atoms. The van der Waals surface area contributed by atoms with E-state index < -0.39 is 40.5 Å². The number of hydrogen-bond acceptors (Lipinski definition) is 8. The summed E-state index contributed by atoms with van der Waals surface area (Å²) in [5.41, 5.74) is 0.711. The van der Waals surface area contributed by atoms with Gasteiger partial charge in [-0.2, -0.15) is 5.10 Å². The van der Waals surface area contributed by atoms with E-state index in [1.165, 1.54) is 35.0 Å². The summed E-state index contributed by atoms with van der Waals surface area (Å²) in [5.74, 6) is 0. The van der Waals surface area contributed by atoms with Crippen molar-refractivity contribution in [2.75, 3.05) is 44.7 Å². The summed E-state index contributed by atoms with van der Waals surface area (Å²) in [6, 6.07) is 2.10. The Morgan fingerprint density at radius 2 is 1.86 bits per heavy atom. The van der Waals surface area contributed by atoms with Gasteiger partial charge in [0.15, 0.2) is 5.01 Å². The molecule has 1 fully saturated rings. The highest BCUT2D eigenvalue weighted by molar-refractivity contribution is 7.89. The minimum atomic E-state index is -4.15. The molecule has 1 aliphatic heterocycles. The number of nitrogens with zero attached hydrogens (tertiary/aromatic N) is 7. The molecule has 35 heavy (non-hydrogen) atoms. The minimum Gasteiger partial charge on any atom is -0.367 e. The number of anilines is 1. The van der Waals surface area contributed by atoms with E-state index in [1.54, 1.807) is 0 Å². The van der Waals surface area contributed by atoms with Crippen molar-refractivity contribution in [3.05, 3.63) is 23.3 Å². The third-order valence-electron chi connectivity index (χ3n) is 5.40. The van der Waals surface area contributed by atoms with Crippen molar-refractivity contribution in [1.82, 2.24) is 29.8 Å². The van der Waals surface area contributed by atoms with Gasteiger partial charge in [-0.3, -0.25) is 0 Å². The van der Waals surface area contributed by atoms with Gasteiger partial charge in [-0.05, 0) is 12.1 Å². The maximum Gasteiger partial charge on any atom is 0.320 e. The number of benzene rings is 1. The van der Waals surface area contributed by atoms with Crippen LogP contribution in [0, 0.1) is 0 Å². The van der Waals surface area contributed by atoms with Crippen LogP contribution in [-0.2, 0) is 10.0 Å². The molecular formula is C18H20F4N8O3S2. The van der Waals surface area contributed by atoms with Crippen molar-refractivity contribution in [1.29, 1.82) is 0 Å². The number of carbonyl (C=O) groups excluding carboxylic acids is 1. The first-order valence-electron chi connectivity index (χ1n) is 10.2. The fourth-order valence-electron chi connectivity index (χ4n) is 3.73. The van der Waals surface area contributed by atoms with Gasteiger partial charge in [-0.25, -0.2) is 40.6 Å². The summed E-state index contributed by atoms with van der Waals surface area (Å²) in [7, 11) is -2.86. The number of halogens is 4. The lowest BCUT2D eigenvalue weighted by atomic mass is 10.1. The Morgan fingerprint density at radius 1 is 1.17 bits per heavy atom. The van der Waals surface area contributed by atoms with E-state index in [4.69, 9.17) is 5.14 Å². The lowest BCUT2D eigenvalue weighted by Gasteiger charge is -2.38. The smallest absolute Gasteiger partial charge is 0.320 e. The summed E-state index contributed by atoms with van der Waals surface area (Å²) in [6.07, 6.45) is -4.03. The van der Waals surface area contributed by atoms with E-state index in [2.05, 4.69) is 15.3 Å². The lowest BCUT2D eigenvalue weighted by Crippen LogP contribution is -2.52. The van der Waals surface area contributed by atoms with Crippen molar-refractivity contribution >= 4 is 44.0 Å². The predicted octanol–water partition coefficient (Wildman–Crippen LogP) is 1.90. The number of piperazine rings is 1. The molecule has 0 saturated carbocycles. The largest absolute Gasteiger partial charge is 0.367 e. The number of carbonyl (C=O) groups is 1. The van der Waals surface area contributed by atoms with E-state index in [0.29, 0.717) is 22.4 Å². The number of rotatable bonds is 6. The Labute approximate surface area is 200 Å². The summed E-state index contributed by atoms with van der Waals surface area (Å²) >= 11 is 0.610. The maximum atomic E-state index is 13.0. The summed E-state index contributed by atoms with van der Waals surface area (Å²) in [5, 5.41) is 16.7. The molecule has 2 amide bonds. The van der Waals surface area contributed by atoms with E-state index >= 15 is 0 Å². The van der Waals surface area contributed by atoms with E-state index in [9.17, 15) is 30.8 Å². The number of urea groups is 1. The van der Waals surface area contributed by atoms with Gasteiger partial charge in [0.1, 0.15) is 0 Å². The molecule has 190 valence electrons. The van der Waals surface area contributed by atoms with Crippen molar-refractivity contribution in [3.63, 3.8) is 0 Å². The molecule has 1 aliphatic rings. The Balaban J connectivity index is 1.66. The number of fused-ring (bicyclic) bond motifs is 1. The minimum absolute atomic E-state index is 0.0188. The third-order valence-corrected chi connectivity index (χ3v) is 7.19. The number of hydrogen-bond donors (Lipinski definition) is 1. The summed E-state index contributed by atoms with van der Waals surface area (Å²) in [4.78, 5) is 16.4. The molecule has 0 aliphatic carbocycles. The second-order valence-corrected chi connectivity index (χ2v) is 10.3. The van der Waals surface area contributed by atoms with Crippen LogP contribution < -0.4 is 10.0 Å². The monoisotopic (exact) mass is 536 g/mol. The van der Waals surface area contributed by atoms with E-state index in [1.807, 2.05) is 4.90 Å². The highest BCUT2D eigenvalue weighted by Crippen LogP contribution is 2.33. The van der Waals surface area contributed by atoms with Gasteiger partial charge in [0.25, 0.3) is 12.9 Å². The molecule has 3 aromatic rings. The number of nitrogens with two attached hydrogens (primary N) is 1. The van der Waals surface area contributed by atoms with Gasteiger partial charge in [0.05, 0.1) is 23.2 Å². The van der Waals surface area contributed by atoms with E-state index in [0.717, 1.165) is 4.90 Å². The molecule has 3 heterocycles. The first-order chi connectivity index (χ1) is 16.5. The molecule has 2 aromatic heterocycles. The second kappa shape index (κ2) is 9.54. The van der Waals surface area contributed by atoms with Crippen LogP contribution in [0.25, 0.3) is 16.0 Å². The quantitative estimate of drug-likeness (QED) is 0.476. The molecule has 17 heteroatoms. The van der Waals surface area contributed by atoms with Gasteiger partial charge in [0.2, 0.25) is 15.2 Å². The second-order valence-electron chi connectivity index (χ2n) is 7.73. The number of primary sulfonamides is 1. The Kier molecular flexibility index (Phi) is 6.83. The highest BCUT2D eigenvalue weighted by Gasteiger charge is 2.28. The standard InChI is InChI=1S/C18H20F4N8O3S2/c1-27(9-14(19)20)18(31)29-4-2-28(3-5-29)12-6-10(35(23,32)33)7-13-11(12)8-24-30(13)17-26-25-16(34-17)15(21)22/h6-8,14-15H,2-5,9H2,1H3,(H2,23,32,33). The van der Waals surface area contributed by atoms with Crippen LogP contribution in [0.3, 0.4) is 0 Å². The van der Waals surface area contributed by atoms with Gasteiger partial charge >= 0.3 is 6.03 Å². The molecule has 11 nitrogen and oxygen atoms in total.